The number of carboxylic acid groups (broad SMARTS) is 1. The van der Waals surface area contributed by atoms with Crippen molar-refractivity contribution in [3.8, 4) is 0 Å². The Morgan fingerprint density at radius 2 is 1.82 bits per heavy atom. The van der Waals surface area contributed by atoms with Gasteiger partial charge in [-0.2, -0.15) is 0 Å². The van der Waals surface area contributed by atoms with Gasteiger partial charge in [-0.3, -0.25) is 9.69 Å². The predicted octanol–water partition coefficient (Wildman–Crippen LogP) is 3.14. The van der Waals surface area contributed by atoms with Gasteiger partial charge in [-0.25, -0.2) is 0 Å². The van der Waals surface area contributed by atoms with Crippen molar-refractivity contribution < 1.29 is 9.90 Å². The number of hydrogen-bond donors (Lipinski definition) is 1. The van der Waals surface area contributed by atoms with Crippen molar-refractivity contribution >= 4 is 5.97 Å². The van der Waals surface area contributed by atoms with Gasteiger partial charge in [0.1, 0.15) is 0 Å². The number of carbonyl (C=O) groups is 1. The Morgan fingerprint density at radius 1 is 1.29 bits per heavy atom. The number of aliphatic carboxylic acids is 1. The molecule has 0 amide bonds. The first-order valence-corrected chi connectivity index (χ1v) is 6.99. The van der Waals surface area contributed by atoms with E-state index >= 15 is 0 Å². The molecule has 1 heterocycles. The van der Waals surface area contributed by atoms with Crippen LogP contribution in [0.5, 0.6) is 0 Å². The second-order valence-electron chi connectivity index (χ2n) is 5.69. The smallest absolute Gasteiger partial charge is 0.303 e. The standard InChI is InChI=1S/C14H27NO2/c1-4-8-14(9-5-2)10-15(11-14)12(3)6-7-13(16)17/h12H,4-11H2,1-3H3,(H,16,17). The summed E-state index contributed by atoms with van der Waals surface area (Å²) in [6.45, 7) is 9.03. The van der Waals surface area contributed by atoms with Crippen LogP contribution in [0.4, 0.5) is 0 Å². The first kappa shape index (κ1) is 14.5. The summed E-state index contributed by atoms with van der Waals surface area (Å²) >= 11 is 0. The zero-order valence-corrected chi connectivity index (χ0v) is 11.5. The molecule has 0 spiro atoms. The first-order valence-electron chi connectivity index (χ1n) is 6.99. The largest absolute Gasteiger partial charge is 0.481 e. The molecule has 0 radical (unpaired) electrons. The maximum Gasteiger partial charge on any atom is 0.303 e. The van der Waals surface area contributed by atoms with Crippen LogP contribution in [0, 0.1) is 5.41 Å². The highest BCUT2D eigenvalue weighted by atomic mass is 16.4. The number of carboxylic acids is 1. The third kappa shape index (κ3) is 3.98. The molecule has 1 rings (SSSR count). The highest BCUT2D eigenvalue weighted by Crippen LogP contribution is 2.40. The van der Waals surface area contributed by atoms with Crippen molar-refractivity contribution in [2.75, 3.05) is 13.1 Å². The molecule has 100 valence electrons. The summed E-state index contributed by atoms with van der Waals surface area (Å²) < 4.78 is 0. The van der Waals surface area contributed by atoms with Crippen molar-refractivity contribution in [3.63, 3.8) is 0 Å². The van der Waals surface area contributed by atoms with E-state index in [1.165, 1.54) is 38.8 Å². The number of nitrogens with zero attached hydrogens (tertiary/aromatic N) is 1. The molecule has 0 aliphatic carbocycles. The molecular formula is C14H27NO2. The van der Waals surface area contributed by atoms with E-state index in [-0.39, 0.29) is 0 Å². The zero-order valence-electron chi connectivity index (χ0n) is 11.5. The highest BCUT2D eigenvalue weighted by molar-refractivity contribution is 5.66. The van der Waals surface area contributed by atoms with Gasteiger partial charge in [-0.1, -0.05) is 26.7 Å². The van der Waals surface area contributed by atoms with Crippen LogP contribution in [0.1, 0.15) is 59.3 Å². The fraction of sp³-hybridized carbons (Fsp3) is 0.929. The van der Waals surface area contributed by atoms with Crippen LogP contribution in [0.3, 0.4) is 0 Å². The Kier molecular flexibility index (Phi) is 5.44. The Labute approximate surface area is 105 Å². The van der Waals surface area contributed by atoms with E-state index in [4.69, 9.17) is 5.11 Å². The third-order valence-electron chi connectivity index (χ3n) is 4.04. The van der Waals surface area contributed by atoms with Gasteiger partial charge in [0.25, 0.3) is 0 Å². The van der Waals surface area contributed by atoms with Gasteiger partial charge >= 0.3 is 5.97 Å². The van der Waals surface area contributed by atoms with E-state index < -0.39 is 5.97 Å². The molecule has 1 fully saturated rings. The average Bonchev–Trinajstić information content (AvgIpc) is 2.22. The molecule has 1 aliphatic rings. The van der Waals surface area contributed by atoms with Crippen LogP contribution in [-0.4, -0.2) is 35.1 Å². The van der Waals surface area contributed by atoms with Gasteiger partial charge in [0.05, 0.1) is 0 Å². The van der Waals surface area contributed by atoms with Gasteiger partial charge in [0.15, 0.2) is 0 Å². The molecule has 1 atom stereocenters. The number of rotatable bonds is 8. The Bertz CT molecular complexity index is 239. The average molecular weight is 241 g/mol. The molecular weight excluding hydrogens is 214 g/mol. The lowest BCUT2D eigenvalue weighted by Gasteiger charge is -2.53. The Morgan fingerprint density at radius 3 is 2.24 bits per heavy atom. The summed E-state index contributed by atoms with van der Waals surface area (Å²) in [7, 11) is 0. The van der Waals surface area contributed by atoms with Crippen LogP contribution in [-0.2, 0) is 4.79 Å². The minimum absolute atomic E-state index is 0.298. The summed E-state index contributed by atoms with van der Waals surface area (Å²) in [6, 6.07) is 0.424. The summed E-state index contributed by atoms with van der Waals surface area (Å²) in [6.07, 6.45) is 6.25. The second kappa shape index (κ2) is 6.39. The van der Waals surface area contributed by atoms with Crippen LogP contribution in [0.2, 0.25) is 0 Å². The fourth-order valence-corrected chi connectivity index (χ4v) is 3.14. The normalized spacial score (nSPS) is 20.9. The maximum atomic E-state index is 10.5. The van der Waals surface area contributed by atoms with Gasteiger partial charge in [-0.15, -0.1) is 0 Å². The summed E-state index contributed by atoms with van der Waals surface area (Å²) in [5.41, 5.74) is 0.543. The lowest BCUT2D eigenvalue weighted by atomic mass is 9.72. The van der Waals surface area contributed by atoms with E-state index in [1.807, 2.05) is 0 Å². The van der Waals surface area contributed by atoms with Crippen molar-refractivity contribution in [2.45, 2.75) is 65.3 Å². The van der Waals surface area contributed by atoms with Crippen molar-refractivity contribution in [2.24, 2.45) is 5.41 Å². The molecule has 0 saturated carbocycles. The van der Waals surface area contributed by atoms with Gasteiger partial charge in [0, 0.05) is 25.6 Å². The molecule has 1 N–H and O–H groups in total. The Balaban J connectivity index is 2.34. The minimum atomic E-state index is -0.675. The molecule has 17 heavy (non-hydrogen) atoms. The molecule has 0 bridgehead atoms. The summed E-state index contributed by atoms with van der Waals surface area (Å²) in [5, 5.41) is 8.69. The lowest BCUT2D eigenvalue weighted by molar-refractivity contribution is -0.137. The minimum Gasteiger partial charge on any atom is -0.481 e. The molecule has 0 aromatic rings. The summed E-state index contributed by atoms with van der Waals surface area (Å²) in [5.74, 6) is -0.675. The maximum absolute atomic E-state index is 10.5. The topological polar surface area (TPSA) is 40.5 Å². The van der Waals surface area contributed by atoms with Crippen LogP contribution in [0.25, 0.3) is 0 Å². The van der Waals surface area contributed by atoms with Crippen molar-refractivity contribution in [3.05, 3.63) is 0 Å². The molecule has 0 aromatic carbocycles. The van der Waals surface area contributed by atoms with Crippen LogP contribution < -0.4 is 0 Å². The first-order chi connectivity index (χ1) is 8.03. The molecule has 1 saturated heterocycles. The monoisotopic (exact) mass is 241 g/mol. The molecule has 0 aromatic heterocycles. The predicted molar refractivity (Wildman–Crippen MR) is 70.2 cm³/mol. The summed E-state index contributed by atoms with van der Waals surface area (Å²) in [4.78, 5) is 13.0. The third-order valence-corrected chi connectivity index (χ3v) is 4.04. The quantitative estimate of drug-likeness (QED) is 0.709. The number of likely N-dealkylation sites (tertiary alicyclic amines) is 1. The van der Waals surface area contributed by atoms with Crippen molar-refractivity contribution in [1.29, 1.82) is 0 Å². The van der Waals surface area contributed by atoms with Crippen molar-refractivity contribution in [1.82, 2.24) is 4.90 Å². The van der Waals surface area contributed by atoms with Crippen LogP contribution in [0.15, 0.2) is 0 Å². The van der Waals surface area contributed by atoms with E-state index in [0.29, 0.717) is 17.9 Å². The molecule has 3 heteroatoms. The van der Waals surface area contributed by atoms with E-state index in [2.05, 4.69) is 25.7 Å². The van der Waals surface area contributed by atoms with E-state index in [0.717, 1.165) is 6.42 Å². The van der Waals surface area contributed by atoms with Crippen LogP contribution >= 0.6 is 0 Å². The fourth-order valence-electron chi connectivity index (χ4n) is 3.14. The highest BCUT2D eigenvalue weighted by Gasteiger charge is 2.42. The SMILES string of the molecule is CCCC1(CCC)CN(C(C)CCC(=O)O)C1. The van der Waals surface area contributed by atoms with Gasteiger partial charge in [0.2, 0.25) is 0 Å². The lowest BCUT2D eigenvalue weighted by Crippen LogP contribution is -2.59. The molecule has 1 unspecified atom stereocenters. The molecule has 3 nitrogen and oxygen atoms in total. The van der Waals surface area contributed by atoms with E-state index in [9.17, 15) is 4.79 Å². The van der Waals surface area contributed by atoms with Gasteiger partial charge in [-0.05, 0) is 31.6 Å². The number of hydrogen-bond acceptors (Lipinski definition) is 2. The second-order valence-corrected chi connectivity index (χ2v) is 5.69. The Hall–Kier alpha value is -0.570. The van der Waals surface area contributed by atoms with Gasteiger partial charge < -0.3 is 5.11 Å². The van der Waals surface area contributed by atoms with E-state index in [1.54, 1.807) is 0 Å². The zero-order chi connectivity index (χ0) is 12.9. The molecule has 1 aliphatic heterocycles.